The van der Waals surface area contributed by atoms with Crippen LogP contribution in [0.25, 0.3) is 0 Å². The van der Waals surface area contributed by atoms with Crippen LogP contribution >= 0.6 is 0 Å². The predicted octanol–water partition coefficient (Wildman–Crippen LogP) is 3.22. The Morgan fingerprint density at radius 3 is 2.60 bits per heavy atom. The molecule has 0 saturated heterocycles. The molecule has 1 amide bonds. The van der Waals surface area contributed by atoms with E-state index < -0.39 is 0 Å². The second kappa shape index (κ2) is 10.4. The van der Waals surface area contributed by atoms with Crippen LogP contribution in [0.3, 0.4) is 0 Å². The maximum Gasteiger partial charge on any atom is 0.251 e. The van der Waals surface area contributed by atoms with E-state index >= 15 is 0 Å². The van der Waals surface area contributed by atoms with Crippen molar-refractivity contribution in [1.29, 1.82) is 0 Å². The quantitative estimate of drug-likeness (QED) is 0.512. The molecule has 0 aliphatic carbocycles. The number of pyridine rings is 1. The highest BCUT2D eigenvalue weighted by Gasteiger charge is 2.11. The van der Waals surface area contributed by atoms with Crippen LogP contribution in [0.4, 0.5) is 0 Å². The van der Waals surface area contributed by atoms with Crippen molar-refractivity contribution >= 4 is 5.91 Å². The fourth-order valence-corrected chi connectivity index (χ4v) is 2.75. The first-order valence-corrected chi connectivity index (χ1v) is 9.57. The number of aryl methyl sites for hydroxylation is 2. The molecular formula is C22H25N3O5. The first-order valence-electron chi connectivity index (χ1n) is 9.57. The lowest BCUT2D eigenvalue weighted by molar-refractivity contribution is 0.0950. The molecule has 0 aliphatic heterocycles. The number of aromatic nitrogens is 2. The molecule has 158 valence electrons. The Hall–Kier alpha value is -3.39. The van der Waals surface area contributed by atoms with E-state index in [1.54, 1.807) is 43.6 Å². The number of benzene rings is 1. The number of methoxy groups -OCH3 is 1. The molecule has 8 heteroatoms. The van der Waals surface area contributed by atoms with Gasteiger partial charge in [0.15, 0.2) is 0 Å². The van der Waals surface area contributed by atoms with Crippen LogP contribution in [0.1, 0.15) is 32.9 Å². The number of carbonyl (C=O) groups is 1. The summed E-state index contributed by atoms with van der Waals surface area (Å²) < 4.78 is 21.5. The summed E-state index contributed by atoms with van der Waals surface area (Å²) in [7, 11) is 1.61. The second-order valence-electron chi connectivity index (χ2n) is 6.61. The van der Waals surface area contributed by atoms with Crippen molar-refractivity contribution in [3.05, 3.63) is 70.7 Å². The van der Waals surface area contributed by atoms with Gasteiger partial charge in [-0.1, -0.05) is 11.2 Å². The van der Waals surface area contributed by atoms with Crippen molar-refractivity contribution in [2.45, 2.75) is 27.0 Å². The first kappa shape index (κ1) is 21.3. The van der Waals surface area contributed by atoms with Crippen LogP contribution in [0.15, 0.2) is 47.1 Å². The summed E-state index contributed by atoms with van der Waals surface area (Å²) in [5, 5.41) is 6.79. The fraction of sp³-hybridized carbons (Fsp3) is 0.318. The Morgan fingerprint density at radius 2 is 1.90 bits per heavy atom. The number of ether oxygens (including phenoxy) is 3. The Balaban J connectivity index is 1.54. The van der Waals surface area contributed by atoms with Crippen LogP contribution in [-0.2, 0) is 17.9 Å². The van der Waals surface area contributed by atoms with Gasteiger partial charge in [0.2, 0.25) is 5.88 Å². The first-order chi connectivity index (χ1) is 14.6. The fourth-order valence-electron chi connectivity index (χ4n) is 2.75. The molecule has 0 aliphatic rings. The van der Waals surface area contributed by atoms with Gasteiger partial charge in [0.05, 0.1) is 17.9 Å². The molecule has 1 aromatic carbocycles. The third kappa shape index (κ3) is 5.57. The number of nitrogens with zero attached hydrogens (tertiary/aromatic N) is 2. The van der Waals surface area contributed by atoms with Crippen molar-refractivity contribution in [3.8, 4) is 11.6 Å². The van der Waals surface area contributed by atoms with Crippen molar-refractivity contribution < 1.29 is 23.5 Å². The number of hydrogen-bond donors (Lipinski definition) is 1. The number of nitrogens with one attached hydrogen (secondary N) is 1. The minimum absolute atomic E-state index is 0.195. The monoisotopic (exact) mass is 411 g/mol. The van der Waals surface area contributed by atoms with Gasteiger partial charge in [-0.15, -0.1) is 0 Å². The van der Waals surface area contributed by atoms with Crippen LogP contribution in [0.2, 0.25) is 0 Å². The molecule has 8 nitrogen and oxygen atoms in total. The highest BCUT2D eigenvalue weighted by molar-refractivity contribution is 5.94. The zero-order valence-corrected chi connectivity index (χ0v) is 17.3. The lowest BCUT2D eigenvalue weighted by Crippen LogP contribution is -2.23. The summed E-state index contributed by atoms with van der Waals surface area (Å²) in [6.45, 7) is 5.25. The Kier molecular flexibility index (Phi) is 7.40. The maximum absolute atomic E-state index is 12.5. The normalized spacial score (nSPS) is 10.6. The lowest BCUT2D eigenvalue weighted by atomic mass is 10.2. The molecule has 0 fully saturated rings. The smallest absolute Gasteiger partial charge is 0.251 e. The minimum Gasteiger partial charge on any atom is -0.489 e. The average Bonchev–Trinajstić information content (AvgIpc) is 3.09. The van der Waals surface area contributed by atoms with Gasteiger partial charge in [-0.3, -0.25) is 4.79 Å². The molecule has 0 spiro atoms. The zero-order chi connectivity index (χ0) is 21.3. The third-order valence-electron chi connectivity index (χ3n) is 4.50. The molecule has 30 heavy (non-hydrogen) atoms. The predicted molar refractivity (Wildman–Crippen MR) is 110 cm³/mol. The number of hydrogen-bond acceptors (Lipinski definition) is 7. The van der Waals surface area contributed by atoms with Gasteiger partial charge in [0.25, 0.3) is 5.91 Å². The zero-order valence-electron chi connectivity index (χ0n) is 17.3. The van der Waals surface area contributed by atoms with E-state index in [-0.39, 0.29) is 5.91 Å². The summed E-state index contributed by atoms with van der Waals surface area (Å²) in [6.07, 6.45) is 1.65. The SMILES string of the molecule is COCCOc1ncccc1CNC(=O)c1ccc(OCc2c(C)noc2C)cc1. The van der Waals surface area contributed by atoms with Crippen LogP contribution in [-0.4, -0.2) is 36.4 Å². The average molecular weight is 411 g/mol. The molecule has 0 bridgehead atoms. The second-order valence-corrected chi connectivity index (χ2v) is 6.61. The van der Waals surface area contributed by atoms with E-state index in [0.29, 0.717) is 43.6 Å². The molecule has 0 unspecified atom stereocenters. The largest absolute Gasteiger partial charge is 0.489 e. The maximum atomic E-state index is 12.5. The topological polar surface area (TPSA) is 95.7 Å². The van der Waals surface area contributed by atoms with Crippen LogP contribution in [0.5, 0.6) is 11.6 Å². The van der Waals surface area contributed by atoms with Crippen molar-refractivity contribution in [2.75, 3.05) is 20.3 Å². The molecule has 0 radical (unpaired) electrons. The van der Waals surface area contributed by atoms with Gasteiger partial charge in [0.1, 0.15) is 24.7 Å². The Morgan fingerprint density at radius 1 is 1.10 bits per heavy atom. The molecule has 3 rings (SSSR count). The van der Waals surface area contributed by atoms with Crippen LogP contribution < -0.4 is 14.8 Å². The van der Waals surface area contributed by atoms with E-state index in [1.165, 1.54) is 0 Å². The van der Waals surface area contributed by atoms with E-state index in [9.17, 15) is 4.79 Å². The van der Waals surface area contributed by atoms with Gasteiger partial charge < -0.3 is 24.1 Å². The summed E-state index contributed by atoms with van der Waals surface area (Å²) in [5.41, 5.74) is 3.06. The highest BCUT2D eigenvalue weighted by Crippen LogP contribution is 2.18. The molecule has 1 N–H and O–H groups in total. The van der Waals surface area contributed by atoms with E-state index in [2.05, 4.69) is 15.5 Å². The van der Waals surface area contributed by atoms with E-state index in [0.717, 1.165) is 22.6 Å². The van der Waals surface area contributed by atoms with Crippen molar-refractivity contribution in [2.24, 2.45) is 0 Å². The van der Waals surface area contributed by atoms with Crippen LogP contribution in [0, 0.1) is 13.8 Å². The summed E-state index contributed by atoms with van der Waals surface area (Å²) in [4.78, 5) is 16.7. The molecule has 0 saturated carbocycles. The standard InChI is InChI=1S/C22H25N3O5/c1-15-20(16(2)30-25-15)14-29-19-8-6-17(7-9-19)21(26)24-13-18-5-4-10-23-22(18)28-12-11-27-3/h4-10H,11-14H2,1-3H3,(H,24,26). The highest BCUT2D eigenvalue weighted by atomic mass is 16.5. The van der Waals surface area contributed by atoms with Gasteiger partial charge >= 0.3 is 0 Å². The molecule has 2 aromatic heterocycles. The molecular weight excluding hydrogens is 386 g/mol. The number of carbonyl (C=O) groups excluding carboxylic acids is 1. The summed E-state index contributed by atoms with van der Waals surface area (Å²) in [6, 6.07) is 10.6. The number of amides is 1. The van der Waals surface area contributed by atoms with Gasteiger partial charge in [-0.25, -0.2) is 4.98 Å². The molecule has 2 heterocycles. The third-order valence-corrected chi connectivity index (χ3v) is 4.50. The van der Waals surface area contributed by atoms with E-state index in [1.807, 2.05) is 19.9 Å². The van der Waals surface area contributed by atoms with Gasteiger partial charge in [-0.2, -0.15) is 0 Å². The van der Waals surface area contributed by atoms with Gasteiger partial charge in [-0.05, 0) is 44.2 Å². The Labute approximate surface area is 175 Å². The van der Waals surface area contributed by atoms with Crippen molar-refractivity contribution in [1.82, 2.24) is 15.5 Å². The molecule has 0 atom stereocenters. The van der Waals surface area contributed by atoms with Gasteiger partial charge in [0, 0.05) is 31.0 Å². The number of rotatable bonds is 10. The summed E-state index contributed by atoms with van der Waals surface area (Å²) in [5.74, 6) is 1.69. The van der Waals surface area contributed by atoms with Crippen molar-refractivity contribution in [3.63, 3.8) is 0 Å². The lowest BCUT2D eigenvalue weighted by Gasteiger charge is -2.11. The summed E-state index contributed by atoms with van der Waals surface area (Å²) >= 11 is 0. The molecule has 3 aromatic rings. The Bertz CT molecular complexity index is 950. The minimum atomic E-state index is -0.195. The van der Waals surface area contributed by atoms with E-state index in [4.69, 9.17) is 18.7 Å².